The van der Waals surface area contributed by atoms with Crippen molar-refractivity contribution in [3.63, 3.8) is 0 Å². The third-order valence-electron chi connectivity index (χ3n) is 3.67. The molecule has 1 unspecified atom stereocenters. The number of benzene rings is 1. The maximum Gasteiger partial charge on any atom is 0.146 e. The first kappa shape index (κ1) is 14.7. The van der Waals surface area contributed by atoms with E-state index in [9.17, 15) is 4.39 Å². The van der Waals surface area contributed by atoms with Crippen LogP contribution in [0.15, 0.2) is 18.2 Å². The lowest BCUT2D eigenvalue weighted by Crippen LogP contribution is -2.43. The maximum atomic E-state index is 14.3. The van der Waals surface area contributed by atoms with Crippen molar-refractivity contribution in [1.82, 2.24) is 5.32 Å². The van der Waals surface area contributed by atoms with Gasteiger partial charge in [0.05, 0.1) is 5.69 Å². The van der Waals surface area contributed by atoms with Gasteiger partial charge in [-0.05, 0) is 45.5 Å². The molecule has 19 heavy (non-hydrogen) atoms. The van der Waals surface area contributed by atoms with E-state index in [0.29, 0.717) is 0 Å². The first-order chi connectivity index (χ1) is 8.93. The minimum absolute atomic E-state index is 0.109. The van der Waals surface area contributed by atoms with Gasteiger partial charge in [-0.3, -0.25) is 0 Å². The van der Waals surface area contributed by atoms with Gasteiger partial charge in [-0.25, -0.2) is 4.39 Å². The Morgan fingerprint density at radius 2 is 2.16 bits per heavy atom. The highest BCUT2D eigenvalue weighted by molar-refractivity contribution is 8.00. The zero-order chi connectivity index (χ0) is 14.0. The van der Waals surface area contributed by atoms with Gasteiger partial charge < -0.3 is 10.2 Å². The minimum Gasteiger partial charge on any atom is -0.367 e. The minimum atomic E-state index is -0.109. The molecule has 1 N–H and O–H groups in total. The molecule has 0 aromatic heterocycles. The Kier molecular flexibility index (Phi) is 4.41. The summed E-state index contributed by atoms with van der Waals surface area (Å²) in [5.41, 5.74) is 1.73. The van der Waals surface area contributed by atoms with Crippen LogP contribution in [0.1, 0.15) is 32.4 Å². The number of nitrogens with zero attached hydrogens (tertiary/aromatic N) is 1. The summed E-state index contributed by atoms with van der Waals surface area (Å²) in [5.74, 6) is 0.948. The van der Waals surface area contributed by atoms with Gasteiger partial charge in [-0.15, -0.1) is 0 Å². The van der Waals surface area contributed by atoms with Gasteiger partial charge in [-0.2, -0.15) is 11.8 Å². The topological polar surface area (TPSA) is 15.3 Å². The van der Waals surface area contributed by atoms with Gasteiger partial charge in [0.25, 0.3) is 0 Å². The predicted octanol–water partition coefficient (Wildman–Crippen LogP) is 3.44. The highest BCUT2D eigenvalue weighted by Crippen LogP contribution is 2.33. The first-order valence-corrected chi connectivity index (χ1v) is 7.77. The van der Waals surface area contributed by atoms with Crippen LogP contribution >= 0.6 is 11.8 Å². The number of hydrogen-bond acceptors (Lipinski definition) is 3. The summed E-state index contributed by atoms with van der Waals surface area (Å²) in [6, 6.07) is 5.78. The summed E-state index contributed by atoms with van der Waals surface area (Å²) in [6.07, 6.45) is 0. The van der Waals surface area contributed by atoms with Gasteiger partial charge in [0.1, 0.15) is 5.82 Å². The van der Waals surface area contributed by atoms with E-state index in [-0.39, 0.29) is 16.6 Å². The van der Waals surface area contributed by atoms with Gasteiger partial charge in [-0.1, -0.05) is 6.07 Å². The molecule has 0 aliphatic carbocycles. The van der Waals surface area contributed by atoms with Gasteiger partial charge >= 0.3 is 0 Å². The lowest BCUT2D eigenvalue weighted by atomic mass is 10.1. The van der Waals surface area contributed by atoms with E-state index >= 15 is 0 Å². The molecule has 0 saturated carbocycles. The molecule has 1 atom stereocenters. The van der Waals surface area contributed by atoms with Crippen molar-refractivity contribution in [2.45, 2.75) is 31.6 Å². The van der Waals surface area contributed by atoms with Crippen LogP contribution in [0.5, 0.6) is 0 Å². The molecule has 1 heterocycles. The van der Waals surface area contributed by atoms with E-state index < -0.39 is 0 Å². The number of anilines is 1. The second-order valence-corrected chi connectivity index (χ2v) is 7.55. The first-order valence-electron chi connectivity index (χ1n) is 6.78. The standard InChI is InChI=1S/C15H23FN2S/c1-11(17-4)12-5-6-14(13(16)9-12)18-7-8-19-15(2,3)10-18/h5-6,9,11,17H,7-8,10H2,1-4H3. The maximum absolute atomic E-state index is 14.3. The fourth-order valence-corrected chi connectivity index (χ4v) is 3.55. The van der Waals surface area contributed by atoms with Crippen molar-refractivity contribution in [3.05, 3.63) is 29.6 Å². The number of hydrogen-bond donors (Lipinski definition) is 1. The summed E-state index contributed by atoms with van der Waals surface area (Å²) in [7, 11) is 1.89. The zero-order valence-corrected chi connectivity index (χ0v) is 13.0. The molecule has 1 aliphatic rings. The molecular formula is C15H23FN2S. The molecule has 0 bridgehead atoms. The van der Waals surface area contributed by atoms with Crippen LogP contribution in [0.2, 0.25) is 0 Å². The SMILES string of the molecule is CNC(C)c1ccc(N2CCSC(C)(C)C2)c(F)c1. The van der Waals surface area contributed by atoms with Crippen LogP contribution in [0, 0.1) is 5.82 Å². The largest absolute Gasteiger partial charge is 0.367 e. The van der Waals surface area contributed by atoms with Crippen LogP contribution in [-0.2, 0) is 0 Å². The summed E-state index contributed by atoms with van der Waals surface area (Å²) < 4.78 is 14.5. The lowest BCUT2D eigenvalue weighted by Gasteiger charge is -2.39. The highest BCUT2D eigenvalue weighted by Gasteiger charge is 2.28. The fraction of sp³-hybridized carbons (Fsp3) is 0.600. The van der Waals surface area contributed by atoms with Crippen molar-refractivity contribution in [3.8, 4) is 0 Å². The number of thioether (sulfide) groups is 1. The molecule has 4 heteroatoms. The average molecular weight is 282 g/mol. The van der Waals surface area contributed by atoms with Crippen LogP contribution in [-0.4, -0.2) is 30.6 Å². The molecule has 1 aliphatic heterocycles. The highest BCUT2D eigenvalue weighted by atomic mass is 32.2. The van der Waals surface area contributed by atoms with E-state index in [0.717, 1.165) is 30.1 Å². The lowest BCUT2D eigenvalue weighted by molar-refractivity contribution is 0.588. The van der Waals surface area contributed by atoms with Crippen LogP contribution in [0.25, 0.3) is 0 Å². The van der Waals surface area contributed by atoms with E-state index in [1.165, 1.54) is 0 Å². The molecule has 2 rings (SSSR count). The van der Waals surface area contributed by atoms with Crippen molar-refractivity contribution >= 4 is 17.4 Å². The quantitative estimate of drug-likeness (QED) is 0.914. The van der Waals surface area contributed by atoms with E-state index in [1.807, 2.05) is 37.9 Å². The van der Waals surface area contributed by atoms with E-state index in [4.69, 9.17) is 0 Å². The summed E-state index contributed by atoms with van der Waals surface area (Å²) in [4.78, 5) is 2.17. The Labute approximate surface area is 119 Å². The van der Waals surface area contributed by atoms with Crippen molar-refractivity contribution < 1.29 is 4.39 Å². The summed E-state index contributed by atoms with van der Waals surface area (Å²) in [5, 5.41) is 3.14. The molecule has 1 aromatic rings. The summed E-state index contributed by atoms with van der Waals surface area (Å²) in [6.45, 7) is 8.30. The van der Waals surface area contributed by atoms with E-state index in [1.54, 1.807) is 6.07 Å². The zero-order valence-electron chi connectivity index (χ0n) is 12.2. The molecule has 2 nitrogen and oxygen atoms in total. The molecule has 0 radical (unpaired) electrons. The third kappa shape index (κ3) is 3.42. The van der Waals surface area contributed by atoms with Gasteiger partial charge in [0.2, 0.25) is 0 Å². The van der Waals surface area contributed by atoms with Crippen molar-refractivity contribution in [1.29, 1.82) is 0 Å². The molecule has 0 spiro atoms. The molecule has 0 amide bonds. The Morgan fingerprint density at radius 3 is 2.74 bits per heavy atom. The number of nitrogens with one attached hydrogen (secondary N) is 1. The third-order valence-corrected chi connectivity index (χ3v) is 4.97. The smallest absolute Gasteiger partial charge is 0.146 e. The Bertz CT molecular complexity index is 448. The molecule has 1 saturated heterocycles. The monoisotopic (exact) mass is 282 g/mol. The average Bonchev–Trinajstić information content (AvgIpc) is 2.36. The van der Waals surface area contributed by atoms with Crippen LogP contribution in [0.3, 0.4) is 0 Å². The van der Waals surface area contributed by atoms with Gasteiger partial charge in [0, 0.05) is 29.6 Å². The Balaban J connectivity index is 2.21. The van der Waals surface area contributed by atoms with E-state index in [2.05, 4.69) is 24.1 Å². The number of rotatable bonds is 3. The fourth-order valence-electron chi connectivity index (χ4n) is 2.44. The van der Waals surface area contributed by atoms with Crippen molar-refractivity contribution in [2.75, 3.05) is 30.8 Å². The molecule has 1 fully saturated rings. The molecule has 106 valence electrons. The molecular weight excluding hydrogens is 259 g/mol. The van der Waals surface area contributed by atoms with Gasteiger partial charge in [0.15, 0.2) is 0 Å². The Morgan fingerprint density at radius 1 is 1.42 bits per heavy atom. The number of halogens is 1. The normalized spacial score (nSPS) is 20.4. The van der Waals surface area contributed by atoms with Crippen molar-refractivity contribution in [2.24, 2.45) is 0 Å². The molecule has 1 aromatic carbocycles. The second-order valence-electron chi connectivity index (χ2n) is 5.75. The second kappa shape index (κ2) is 5.71. The summed E-state index contributed by atoms with van der Waals surface area (Å²) >= 11 is 1.96. The Hall–Kier alpha value is -0.740. The van der Waals surface area contributed by atoms with Crippen LogP contribution in [0.4, 0.5) is 10.1 Å². The predicted molar refractivity (Wildman–Crippen MR) is 82.6 cm³/mol. The van der Waals surface area contributed by atoms with Crippen LogP contribution < -0.4 is 10.2 Å².